The summed E-state index contributed by atoms with van der Waals surface area (Å²) in [7, 11) is 1.85. The van der Waals surface area contributed by atoms with Crippen LogP contribution in [0.5, 0.6) is 0 Å². The van der Waals surface area contributed by atoms with Gasteiger partial charge in [0.25, 0.3) is 0 Å². The topological polar surface area (TPSA) is 64.4 Å². The van der Waals surface area contributed by atoms with Gasteiger partial charge in [0.2, 0.25) is 0 Å². The van der Waals surface area contributed by atoms with E-state index in [1.807, 2.05) is 37.9 Å². The van der Waals surface area contributed by atoms with Crippen LogP contribution in [0.1, 0.15) is 82.9 Å². The smallest absolute Gasteiger partial charge is 0.157 e. The predicted molar refractivity (Wildman–Crippen MR) is 148 cm³/mol. The number of ether oxygens (including phenoxy) is 1. The van der Waals surface area contributed by atoms with Gasteiger partial charge < -0.3 is 9.84 Å². The normalized spacial score (nSPS) is 41.3. The van der Waals surface area contributed by atoms with Gasteiger partial charge in [-0.3, -0.25) is 9.48 Å². The number of methoxy groups -OCH3 is 1. The van der Waals surface area contributed by atoms with Crippen molar-refractivity contribution >= 4 is 23.5 Å². The zero-order valence-electron chi connectivity index (χ0n) is 23.1. The molecular formula is C31H45ClN2O3. The van der Waals surface area contributed by atoms with Crippen molar-refractivity contribution in [1.82, 2.24) is 9.78 Å². The van der Waals surface area contributed by atoms with Gasteiger partial charge in [0.05, 0.1) is 24.4 Å². The number of halogens is 1. The molecule has 0 aromatic carbocycles. The number of carbonyl (C=O) groups excluding carboxylic acids is 1. The first-order chi connectivity index (χ1) is 17.5. The summed E-state index contributed by atoms with van der Waals surface area (Å²) in [5, 5.41) is 16.0. The van der Waals surface area contributed by atoms with Crippen molar-refractivity contribution in [2.75, 3.05) is 13.7 Å². The van der Waals surface area contributed by atoms with Crippen LogP contribution in [0, 0.1) is 47.3 Å². The van der Waals surface area contributed by atoms with E-state index in [0.717, 1.165) is 56.4 Å². The van der Waals surface area contributed by atoms with Gasteiger partial charge in [-0.1, -0.05) is 31.2 Å². The molecule has 204 valence electrons. The molecule has 1 aromatic rings. The Morgan fingerprint density at radius 1 is 1.22 bits per heavy atom. The Bertz CT molecular complexity index is 1080. The van der Waals surface area contributed by atoms with Gasteiger partial charge in [0.1, 0.15) is 0 Å². The van der Waals surface area contributed by atoms with Crippen LogP contribution in [0.4, 0.5) is 0 Å². The SMILES string of the molecule is C=C(Cl)/C=C\c1cn(CC(=O)[C@H]2CC[C@H]3[C@@H]4CC[C@H]5C[C@](C)(O)CC[C@]5(COC)[C@H]4CC[C@]23C)nc1C. The second-order valence-corrected chi connectivity index (χ2v) is 13.8. The second-order valence-electron chi connectivity index (χ2n) is 13.3. The first kappa shape index (κ1) is 27.1. The number of rotatable bonds is 7. The summed E-state index contributed by atoms with van der Waals surface area (Å²) in [6.45, 7) is 11.3. The lowest BCUT2D eigenvalue weighted by atomic mass is 9.43. The minimum atomic E-state index is -0.540. The Kier molecular flexibility index (Phi) is 7.30. The number of nitrogens with zero attached hydrogens (tertiary/aromatic N) is 2. The highest BCUT2D eigenvalue weighted by Crippen LogP contribution is 2.68. The number of ketones is 1. The molecule has 37 heavy (non-hydrogen) atoms. The molecule has 1 N–H and O–H groups in total. The largest absolute Gasteiger partial charge is 0.390 e. The van der Waals surface area contributed by atoms with Crippen molar-refractivity contribution in [2.45, 2.75) is 90.7 Å². The first-order valence-corrected chi connectivity index (χ1v) is 14.7. The molecular weight excluding hydrogens is 484 g/mol. The highest BCUT2D eigenvalue weighted by Gasteiger charge is 2.63. The molecule has 4 aliphatic carbocycles. The lowest BCUT2D eigenvalue weighted by molar-refractivity contribution is -0.175. The van der Waals surface area contributed by atoms with Crippen LogP contribution >= 0.6 is 11.6 Å². The van der Waals surface area contributed by atoms with E-state index in [9.17, 15) is 9.90 Å². The maximum absolute atomic E-state index is 13.7. The minimum absolute atomic E-state index is 0.0702. The quantitative estimate of drug-likeness (QED) is 0.407. The number of aryl methyl sites for hydroxylation is 1. The number of Topliss-reactive ketones (excluding diaryl/α,β-unsaturated/α-hetero) is 1. The summed E-state index contributed by atoms with van der Waals surface area (Å²) in [6.07, 6.45) is 15.3. The molecule has 0 bridgehead atoms. The molecule has 1 aromatic heterocycles. The second kappa shape index (κ2) is 9.95. The van der Waals surface area contributed by atoms with Gasteiger partial charge >= 0.3 is 0 Å². The highest BCUT2D eigenvalue weighted by atomic mass is 35.5. The van der Waals surface area contributed by atoms with E-state index in [-0.39, 0.29) is 16.7 Å². The summed E-state index contributed by atoms with van der Waals surface area (Å²) < 4.78 is 7.71. The maximum Gasteiger partial charge on any atom is 0.157 e. The lowest BCUT2D eigenvalue weighted by Crippen LogP contribution is -2.58. The fourth-order valence-electron chi connectivity index (χ4n) is 9.54. The fourth-order valence-corrected chi connectivity index (χ4v) is 9.60. The molecule has 0 unspecified atom stereocenters. The van der Waals surface area contributed by atoms with E-state index in [4.69, 9.17) is 16.3 Å². The number of hydrogen-bond donors (Lipinski definition) is 1. The molecule has 4 aliphatic rings. The van der Waals surface area contributed by atoms with Gasteiger partial charge in [0.15, 0.2) is 5.78 Å². The summed E-state index contributed by atoms with van der Waals surface area (Å²) in [4.78, 5) is 13.7. The van der Waals surface area contributed by atoms with E-state index in [1.165, 1.54) is 19.3 Å². The number of aliphatic hydroxyl groups is 1. The Morgan fingerprint density at radius 2 is 2.00 bits per heavy atom. The molecule has 0 saturated heterocycles. The van der Waals surface area contributed by atoms with E-state index in [0.29, 0.717) is 41.0 Å². The Labute approximate surface area is 227 Å². The average Bonchev–Trinajstić information content (AvgIpc) is 3.36. The van der Waals surface area contributed by atoms with E-state index in [2.05, 4.69) is 18.6 Å². The van der Waals surface area contributed by atoms with Crippen molar-refractivity contribution in [3.8, 4) is 0 Å². The van der Waals surface area contributed by atoms with Crippen molar-refractivity contribution in [3.63, 3.8) is 0 Å². The molecule has 0 aliphatic heterocycles. The van der Waals surface area contributed by atoms with Gasteiger partial charge in [-0.2, -0.15) is 5.10 Å². The molecule has 6 heteroatoms. The third-order valence-corrected chi connectivity index (χ3v) is 11.3. The minimum Gasteiger partial charge on any atom is -0.390 e. The summed E-state index contributed by atoms with van der Waals surface area (Å²) in [6, 6.07) is 0. The molecule has 1 heterocycles. The van der Waals surface area contributed by atoms with Crippen LogP contribution < -0.4 is 0 Å². The maximum atomic E-state index is 13.7. The van der Waals surface area contributed by atoms with Crippen LogP contribution in [0.2, 0.25) is 0 Å². The van der Waals surface area contributed by atoms with E-state index >= 15 is 0 Å². The summed E-state index contributed by atoms with van der Waals surface area (Å²) >= 11 is 5.88. The number of allylic oxidation sites excluding steroid dienone is 2. The third kappa shape index (κ3) is 4.78. The highest BCUT2D eigenvalue weighted by molar-refractivity contribution is 6.31. The van der Waals surface area contributed by atoms with Crippen LogP contribution in [0.3, 0.4) is 0 Å². The Balaban J connectivity index is 1.33. The predicted octanol–water partition coefficient (Wildman–Crippen LogP) is 6.56. The zero-order chi connectivity index (χ0) is 26.6. The average molecular weight is 529 g/mol. The fraction of sp³-hybridized carbons (Fsp3) is 0.742. The monoisotopic (exact) mass is 528 g/mol. The first-order valence-electron chi connectivity index (χ1n) is 14.3. The van der Waals surface area contributed by atoms with Crippen molar-refractivity contribution in [2.24, 2.45) is 40.4 Å². The summed E-state index contributed by atoms with van der Waals surface area (Å²) in [5.41, 5.74) is 1.58. The third-order valence-electron chi connectivity index (χ3n) is 11.2. The van der Waals surface area contributed by atoms with Gasteiger partial charge in [-0.25, -0.2) is 0 Å². The molecule has 0 radical (unpaired) electrons. The van der Waals surface area contributed by atoms with Crippen molar-refractivity contribution in [1.29, 1.82) is 0 Å². The molecule has 0 amide bonds. The zero-order valence-corrected chi connectivity index (χ0v) is 23.9. The van der Waals surface area contributed by atoms with Crippen LogP contribution in [-0.2, 0) is 16.1 Å². The standard InChI is InChI=1S/C31H45ClN2O3/c1-20(32)6-7-22-17-34(33-21(22)2)18-28(35)27-11-10-25-24-9-8-23-16-29(3,36)14-15-31(23,19-37-5)26(24)12-13-30(25,27)4/h6-7,17,23-27,36H,1,8-16,18-19H2,2-5H3/b7-6-/t23-,24-,25-,26-,27+,29+,30-,31+/m0/s1. The van der Waals surface area contributed by atoms with Gasteiger partial charge in [-0.05, 0) is 112 Å². The van der Waals surface area contributed by atoms with E-state index < -0.39 is 5.60 Å². The Morgan fingerprint density at radius 3 is 2.73 bits per heavy atom. The molecule has 0 spiro atoms. The van der Waals surface area contributed by atoms with Gasteiger partial charge in [0, 0.05) is 29.8 Å². The molecule has 5 nitrogen and oxygen atoms in total. The van der Waals surface area contributed by atoms with Crippen LogP contribution in [0.15, 0.2) is 23.9 Å². The lowest BCUT2D eigenvalue weighted by Gasteiger charge is -2.62. The van der Waals surface area contributed by atoms with Crippen LogP contribution in [-0.4, -0.2) is 40.0 Å². The van der Waals surface area contributed by atoms with Crippen molar-refractivity contribution in [3.05, 3.63) is 35.1 Å². The number of fused-ring (bicyclic) bond motifs is 5. The van der Waals surface area contributed by atoms with Crippen LogP contribution in [0.25, 0.3) is 6.08 Å². The molecule has 4 fully saturated rings. The molecule has 5 rings (SSSR count). The summed E-state index contributed by atoms with van der Waals surface area (Å²) in [5.74, 6) is 2.89. The number of hydrogen-bond acceptors (Lipinski definition) is 4. The molecule has 8 atom stereocenters. The van der Waals surface area contributed by atoms with E-state index in [1.54, 1.807) is 6.08 Å². The number of aromatic nitrogens is 2. The molecule has 4 saturated carbocycles. The Hall–Kier alpha value is -1.43. The van der Waals surface area contributed by atoms with Gasteiger partial charge in [-0.15, -0.1) is 0 Å². The number of carbonyl (C=O) groups is 1. The van der Waals surface area contributed by atoms with Crippen molar-refractivity contribution < 1.29 is 14.6 Å².